The first-order valence-corrected chi connectivity index (χ1v) is 6.31. The van der Waals surface area contributed by atoms with Gasteiger partial charge in [0.25, 0.3) is 0 Å². The summed E-state index contributed by atoms with van der Waals surface area (Å²) in [6.45, 7) is 1.93. The number of nitrogens with zero attached hydrogens (tertiary/aromatic N) is 1. The van der Waals surface area contributed by atoms with E-state index in [4.69, 9.17) is 0 Å². The van der Waals surface area contributed by atoms with Gasteiger partial charge in [-0.3, -0.25) is 4.79 Å². The van der Waals surface area contributed by atoms with Crippen LogP contribution in [-0.4, -0.2) is 11.9 Å². The molecule has 5 heteroatoms. The lowest BCUT2D eigenvalue weighted by Crippen LogP contribution is -2.33. The largest absolute Gasteiger partial charge is 0.306 e. The fourth-order valence-corrected chi connectivity index (χ4v) is 2.47. The second-order valence-electron chi connectivity index (χ2n) is 4.06. The Labute approximate surface area is 107 Å². The van der Waals surface area contributed by atoms with Crippen molar-refractivity contribution in [3.63, 3.8) is 0 Å². The van der Waals surface area contributed by atoms with E-state index in [2.05, 4.69) is 15.9 Å². The number of benzene rings is 1. The van der Waals surface area contributed by atoms with Crippen LogP contribution < -0.4 is 4.90 Å². The molecule has 0 bridgehead atoms. The van der Waals surface area contributed by atoms with E-state index in [0.29, 0.717) is 12.8 Å². The van der Waals surface area contributed by atoms with E-state index in [1.165, 1.54) is 17.0 Å². The Bertz CT molecular complexity index is 464. The van der Waals surface area contributed by atoms with Crippen LogP contribution in [0.4, 0.5) is 14.5 Å². The summed E-state index contributed by atoms with van der Waals surface area (Å²) in [7, 11) is 0. The molecule has 1 aliphatic rings. The van der Waals surface area contributed by atoms with Gasteiger partial charge in [0.2, 0.25) is 5.91 Å². The van der Waals surface area contributed by atoms with Crippen LogP contribution >= 0.6 is 15.9 Å². The Morgan fingerprint density at radius 1 is 1.41 bits per heavy atom. The minimum absolute atomic E-state index is 0.0300. The van der Waals surface area contributed by atoms with Gasteiger partial charge in [0.1, 0.15) is 0 Å². The van der Waals surface area contributed by atoms with E-state index in [9.17, 15) is 13.6 Å². The normalized spacial score (nSPS) is 20.1. The molecule has 0 aromatic heterocycles. The second-order valence-corrected chi connectivity index (χ2v) is 4.91. The van der Waals surface area contributed by atoms with Gasteiger partial charge >= 0.3 is 0 Å². The summed E-state index contributed by atoms with van der Waals surface area (Å²) >= 11 is 2.92. The second kappa shape index (κ2) is 4.72. The number of amides is 1. The van der Waals surface area contributed by atoms with Gasteiger partial charge < -0.3 is 4.90 Å². The molecule has 1 atom stereocenters. The zero-order valence-electron chi connectivity index (χ0n) is 9.34. The molecule has 0 spiro atoms. The molecular weight excluding hydrogens is 292 g/mol. The SMILES string of the molecule is CC[C@@H]1CCC(=O)N1c1ccc(Br)c(F)c1F. The lowest BCUT2D eigenvalue weighted by Gasteiger charge is -2.24. The number of rotatable bonds is 2. The van der Waals surface area contributed by atoms with Crippen molar-refractivity contribution in [2.45, 2.75) is 32.2 Å². The topological polar surface area (TPSA) is 20.3 Å². The average molecular weight is 304 g/mol. The summed E-state index contributed by atoms with van der Waals surface area (Å²) in [5.74, 6) is -2.05. The molecular formula is C12H12BrF2NO. The summed E-state index contributed by atoms with van der Waals surface area (Å²) < 4.78 is 27.3. The van der Waals surface area contributed by atoms with Gasteiger partial charge in [-0.25, -0.2) is 8.78 Å². The first-order chi connectivity index (χ1) is 8.06. The Morgan fingerprint density at radius 3 is 2.76 bits per heavy atom. The number of carbonyl (C=O) groups is 1. The zero-order chi connectivity index (χ0) is 12.6. The van der Waals surface area contributed by atoms with Gasteiger partial charge in [-0.2, -0.15) is 0 Å². The zero-order valence-corrected chi connectivity index (χ0v) is 10.9. The van der Waals surface area contributed by atoms with Gasteiger partial charge in [0.15, 0.2) is 11.6 Å². The molecule has 1 aliphatic heterocycles. The molecule has 0 radical (unpaired) electrons. The lowest BCUT2D eigenvalue weighted by molar-refractivity contribution is -0.117. The Balaban J connectivity index is 2.46. The van der Waals surface area contributed by atoms with Crippen molar-refractivity contribution in [3.05, 3.63) is 28.2 Å². The summed E-state index contributed by atoms with van der Waals surface area (Å²) in [6, 6.07) is 2.83. The van der Waals surface area contributed by atoms with Crippen LogP contribution in [0.25, 0.3) is 0 Å². The predicted molar refractivity (Wildman–Crippen MR) is 64.9 cm³/mol. The molecule has 0 N–H and O–H groups in total. The van der Waals surface area contributed by atoms with Gasteiger partial charge in [-0.15, -0.1) is 0 Å². The monoisotopic (exact) mass is 303 g/mol. The minimum Gasteiger partial charge on any atom is -0.306 e. The van der Waals surface area contributed by atoms with Crippen LogP contribution in [0.3, 0.4) is 0 Å². The first-order valence-electron chi connectivity index (χ1n) is 5.51. The van der Waals surface area contributed by atoms with Crippen LogP contribution in [0.15, 0.2) is 16.6 Å². The Morgan fingerprint density at radius 2 is 2.12 bits per heavy atom. The van der Waals surface area contributed by atoms with Gasteiger partial charge in [0.05, 0.1) is 10.2 Å². The number of hydrogen-bond acceptors (Lipinski definition) is 1. The quantitative estimate of drug-likeness (QED) is 0.764. The van der Waals surface area contributed by atoms with E-state index in [-0.39, 0.29) is 22.1 Å². The smallest absolute Gasteiger partial charge is 0.227 e. The summed E-state index contributed by atoms with van der Waals surface area (Å²) in [6.07, 6.45) is 1.84. The van der Waals surface area contributed by atoms with Crippen molar-refractivity contribution in [3.8, 4) is 0 Å². The van der Waals surface area contributed by atoms with E-state index >= 15 is 0 Å². The molecule has 1 fully saturated rings. The first kappa shape index (κ1) is 12.5. The third-order valence-corrected chi connectivity index (χ3v) is 3.68. The summed E-state index contributed by atoms with van der Waals surface area (Å²) in [4.78, 5) is 13.1. The summed E-state index contributed by atoms with van der Waals surface area (Å²) in [5, 5.41) is 0. The molecule has 92 valence electrons. The minimum atomic E-state index is -0.965. The maximum Gasteiger partial charge on any atom is 0.227 e. The van der Waals surface area contributed by atoms with E-state index in [1.54, 1.807) is 0 Å². The van der Waals surface area contributed by atoms with Gasteiger partial charge in [0, 0.05) is 12.5 Å². The highest BCUT2D eigenvalue weighted by Gasteiger charge is 2.33. The Hall–Kier alpha value is -0.970. The molecule has 0 aliphatic carbocycles. The van der Waals surface area contributed by atoms with E-state index < -0.39 is 11.6 Å². The number of hydrogen-bond donors (Lipinski definition) is 0. The van der Waals surface area contributed by atoms with Crippen LogP contribution in [0.5, 0.6) is 0 Å². The van der Waals surface area contributed by atoms with E-state index in [1.807, 2.05) is 6.92 Å². The predicted octanol–water partition coefficient (Wildman–Crippen LogP) is 3.63. The standard InChI is InChI=1S/C12H12BrF2NO/c1-2-7-3-6-10(17)16(7)9-5-4-8(13)11(14)12(9)15/h4-5,7H,2-3,6H2,1H3/t7-/m1/s1. The number of halogens is 3. The van der Waals surface area contributed by atoms with Crippen LogP contribution in [0.2, 0.25) is 0 Å². The molecule has 1 amide bonds. The van der Waals surface area contributed by atoms with Crippen LogP contribution in [0, 0.1) is 11.6 Å². The molecule has 0 unspecified atom stereocenters. The van der Waals surface area contributed by atoms with Crippen LogP contribution in [0.1, 0.15) is 26.2 Å². The van der Waals surface area contributed by atoms with Crippen LogP contribution in [-0.2, 0) is 4.79 Å². The average Bonchev–Trinajstić information content (AvgIpc) is 2.68. The van der Waals surface area contributed by atoms with E-state index in [0.717, 1.165) is 6.42 Å². The molecule has 2 nitrogen and oxygen atoms in total. The lowest BCUT2D eigenvalue weighted by atomic mass is 10.1. The van der Waals surface area contributed by atoms with Crippen molar-refractivity contribution in [1.82, 2.24) is 0 Å². The highest BCUT2D eigenvalue weighted by atomic mass is 79.9. The third-order valence-electron chi connectivity index (χ3n) is 3.07. The maximum absolute atomic E-state index is 13.8. The molecule has 1 aromatic rings. The molecule has 1 aromatic carbocycles. The fraction of sp³-hybridized carbons (Fsp3) is 0.417. The number of anilines is 1. The summed E-state index contributed by atoms with van der Waals surface area (Å²) in [5.41, 5.74) is 0.0417. The molecule has 2 rings (SSSR count). The third kappa shape index (κ3) is 2.08. The molecule has 1 saturated heterocycles. The van der Waals surface area contributed by atoms with Crippen molar-refractivity contribution >= 4 is 27.5 Å². The van der Waals surface area contributed by atoms with Crippen molar-refractivity contribution in [2.75, 3.05) is 4.90 Å². The molecule has 17 heavy (non-hydrogen) atoms. The van der Waals surface area contributed by atoms with Crippen molar-refractivity contribution in [2.24, 2.45) is 0 Å². The number of carbonyl (C=O) groups excluding carboxylic acids is 1. The highest BCUT2D eigenvalue weighted by Crippen LogP contribution is 2.33. The molecule has 1 heterocycles. The highest BCUT2D eigenvalue weighted by molar-refractivity contribution is 9.10. The Kier molecular flexibility index (Phi) is 3.47. The molecule has 0 saturated carbocycles. The van der Waals surface area contributed by atoms with Crippen molar-refractivity contribution < 1.29 is 13.6 Å². The van der Waals surface area contributed by atoms with Crippen molar-refractivity contribution in [1.29, 1.82) is 0 Å². The fourth-order valence-electron chi connectivity index (χ4n) is 2.16. The van der Waals surface area contributed by atoms with Gasteiger partial charge in [-0.05, 0) is 40.9 Å². The van der Waals surface area contributed by atoms with Gasteiger partial charge in [-0.1, -0.05) is 6.92 Å². The maximum atomic E-state index is 13.8.